The molecule has 5 heteroatoms. The van der Waals surface area contributed by atoms with Gasteiger partial charge in [-0.2, -0.15) is 0 Å². The van der Waals surface area contributed by atoms with Gasteiger partial charge in [-0.05, 0) is 37.4 Å². The van der Waals surface area contributed by atoms with E-state index in [0.717, 1.165) is 25.2 Å². The summed E-state index contributed by atoms with van der Waals surface area (Å²) in [6, 6.07) is 7.45. The molecule has 0 bridgehead atoms. The molecule has 21 heavy (non-hydrogen) atoms. The Balaban J connectivity index is 2.05. The minimum absolute atomic E-state index is 0.152. The van der Waals surface area contributed by atoms with Gasteiger partial charge in [0.1, 0.15) is 0 Å². The Morgan fingerprint density at radius 1 is 1.29 bits per heavy atom. The Hall–Kier alpha value is -1.46. The Bertz CT molecular complexity index is 461. The second-order valence-corrected chi connectivity index (χ2v) is 5.83. The lowest BCUT2D eigenvalue weighted by Gasteiger charge is -2.39. The summed E-state index contributed by atoms with van der Waals surface area (Å²) in [6.45, 7) is 4.75. The van der Waals surface area contributed by atoms with Crippen molar-refractivity contribution in [2.45, 2.75) is 45.2 Å². The lowest BCUT2D eigenvalue weighted by atomic mass is 9.83. The summed E-state index contributed by atoms with van der Waals surface area (Å²) in [5.74, 6) is 0.580. The number of rotatable bonds is 6. The van der Waals surface area contributed by atoms with Gasteiger partial charge in [-0.1, -0.05) is 31.9 Å². The monoisotopic (exact) mass is 291 g/mol. The minimum atomic E-state index is -0.354. The molecule has 5 nitrogen and oxygen atoms in total. The van der Waals surface area contributed by atoms with Crippen molar-refractivity contribution >= 4 is 5.69 Å². The third-order valence-electron chi connectivity index (χ3n) is 4.58. The first-order valence-electron chi connectivity index (χ1n) is 7.83. The minimum Gasteiger partial charge on any atom is -0.330 e. The van der Waals surface area contributed by atoms with Gasteiger partial charge < -0.3 is 5.73 Å². The smallest absolute Gasteiger partial charge is 0.269 e. The molecule has 0 spiro atoms. The highest BCUT2D eigenvalue weighted by atomic mass is 16.6. The van der Waals surface area contributed by atoms with Crippen molar-refractivity contribution in [1.82, 2.24) is 4.90 Å². The maximum Gasteiger partial charge on any atom is 0.269 e. The van der Waals surface area contributed by atoms with E-state index in [1.807, 2.05) is 12.1 Å². The van der Waals surface area contributed by atoms with Crippen LogP contribution in [0.3, 0.4) is 0 Å². The fourth-order valence-electron chi connectivity index (χ4n) is 3.36. The molecule has 0 amide bonds. The zero-order chi connectivity index (χ0) is 15.2. The van der Waals surface area contributed by atoms with E-state index >= 15 is 0 Å². The summed E-state index contributed by atoms with van der Waals surface area (Å²) in [7, 11) is 0. The van der Waals surface area contributed by atoms with E-state index in [4.69, 9.17) is 5.73 Å². The van der Waals surface area contributed by atoms with Gasteiger partial charge in [-0.25, -0.2) is 0 Å². The maximum absolute atomic E-state index is 10.7. The molecule has 0 aromatic heterocycles. The Labute approximate surface area is 126 Å². The number of nitro benzene ring substituents is 1. The number of nitro groups is 1. The van der Waals surface area contributed by atoms with Crippen molar-refractivity contribution in [3.63, 3.8) is 0 Å². The quantitative estimate of drug-likeness (QED) is 0.646. The second-order valence-electron chi connectivity index (χ2n) is 5.83. The summed E-state index contributed by atoms with van der Waals surface area (Å²) < 4.78 is 0. The molecule has 2 N–H and O–H groups in total. The summed E-state index contributed by atoms with van der Waals surface area (Å²) in [5, 5.41) is 10.7. The van der Waals surface area contributed by atoms with Crippen molar-refractivity contribution in [3.8, 4) is 0 Å². The molecule has 2 rings (SSSR count). The summed E-state index contributed by atoms with van der Waals surface area (Å²) in [4.78, 5) is 12.8. The third kappa shape index (κ3) is 4.02. The Morgan fingerprint density at radius 2 is 1.95 bits per heavy atom. The number of hydrogen-bond acceptors (Lipinski definition) is 4. The van der Waals surface area contributed by atoms with Crippen LogP contribution in [-0.2, 0) is 6.54 Å². The van der Waals surface area contributed by atoms with E-state index in [2.05, 4.69) is 11.8 Å². The number of benzene rings is 1. The van der Waals surface area contributed by atoms with Crippen LogP contribution >= 0.6 is 0 Å². The first-order chi connectivity index (χ1) is 10.2. The van der Waals surface area contributed by atoms with Crippen LogP contribution in [0.15, 0.2) is 24.3 Å². The molecular weight excluding hydrogens is 266 g/mol. The van der Waals surface area contributed by atoms with Crippen LogP contribution in [0.4, 0.5) is 5.69 Å². The van der Waals surface area contributed by atoms with Gasteiger partial charge in [0, 0.05) is 24.7 Å². The van der Waals surface area contributed by atoms with Gasteiger partial charge in [0.25, 0.3) is 5.69 Å². The van der Waals surface area contributed by atoms with Crippen LogP contribution in [0.25, 0.3) is 0 Å². The van der Waals surface area contributed by atoms with Crippen LogP contribution in [0, 0.1) is 16.0 Å². The largest absolute Gasteiger partial charge is 0.330 e. The van der Waals surface area contributed by atoms with Crippen LogP contribution in [-0.4, -0.2) is 29.0 Å². The van der Waals surface area contributed by atoms with Crippen LogP contribution in [0.5, 0.6) is 0 Å². The van der Waals surface area contributed by atoms with Gasteiger partial charge in [0.15, 0.2) is 0 Å². The second kappa shape index (κ2) is 7.52. The average Bonchev–Trinajstić information content (AvgIpc) is 2.53. The molecule has 2 unspecified atom stereocenters. The van der Waals surface area contributed by atoms with E-state index in [1.165, 1.54) is 25.7 Å². The Kier molecular flexibility index (Phi) is 5.70. The van der Waals surface area contributed by atoms with E-state index in [-0.39, 0.29) is 10.6 Å². The predicted molar refractivity (Wildman–Crippen MR) is 84.0 cm³/mol. The topological polar surface area (TPSA) is 72.4 Å². The Morgan fingerprint density at radius 3 is 2.52 bits per heavy atom. The van der Waals surface area contributed by atoms with Crippen molar-refractivity contribution in [2.75, 3.05) is 13.1 Å². The van der Waals surface area contributed by atoms with E-state index in [0.29, 0.717) is 12.0 Å². The van der Waals surface area contributed by atoms with Crippen molar-refractivity contribution in [3.05, 3.63) is 39.9 Å². The predicted octanol–water partition coefficient (Wildman–Crippen LogP) is 2.93. The summed E-state index contributed by atoms with van der Waals surface area (Å²) >= 11 is 0. The van der Waals surface area contributed by atoms with Crippen molar-refractivity contribution in [2.24, 2.45) is 11.7 Å². The zero-order valence-electron chi connectivity index (χ0n) is 12.7. The molecular formula is C16H25N3O2. The molecule has 0 radical (unpaired) electrons. The summed E-state index contributed by atoms with van der Waals surface area (Å²) in [5.41, 5.74) is 7.21. The molecule has 1 aromatic carbocycles. The van der Waals surface area contributed by atoms with Crippen molar-refractivity contribution in [1.29, 1.82) is 0 Å². The molecule has 1 aliphatic carbocycles. The molecule has 1 fully saturated rings. The van der Waals surface area contributed by atoms with Gasteiger partial charge in [0.05, 0.1) is 4.92 Å². The maximum atomic E-state index is 10.7. The zero-order valence-corrected chi connectivity index (χ0v) is 12.7. The number of non-ortho nitro benzene ring substituents is 1. The van der Waals surface area contributed by atoms with E-state index < -0.39 is 0 Å². The fourth-order valence-corrected chi connectivity index (χ4v) is 3.36. The molecule has 2 atom stereocenters. The molecule has 116 valence electrons. The third-order valence-corrected chi connectivity index (χ3v) is 4.58. The first kappa shape index (κ1) is 15.9. The standard InChI is InChI=1S/C16H25N3O2/c1-2-18(16-6-4-3-5-14(16)11-17)12-13-7-9-15(10-8-13)19(20)21/h7-10,14,16H,2-6,11-12,17H2,1H3. The fraction of sp³-hybridized carbons (Fsp3) is 0.625. The normalized spacial score (nSPS) is 22.4. The van der Waals surface area contributed by atoms with Crippen molar-refractivity contribution < 1.29 is 4.92 Å². The highest BCUT2D eigenvalue weighted by Crippen LogP contribution is 2.29. The van der Waals surface area contributed by atoms with E-state index in [1.54, 1.807) is 12.1 Å². The SMILES string of the molecule is CCN(Cc1ccc([N+](=O)[O-])cc1)C1CCCCC1CN. The van der Waals surface area contributed by atoms with Crippen LogP contribution in [0.2, 0.25) is 0 Å². The number of nitrogens with zero attached hydrogens (tertiary/aromatic N) is 2. The lowest BCUT2D eigenvalue weighted by molar-refractivity contribution is -0.384. The molecule has 1 aromatic rings. The van der Waals surface area contributed by atoms with Crippen LogP contribution < -0.4 is 5.73 Å². The molecule has 1 aliphatic rings. The molecule has 0 saturated heterocycles. The summed E-state index contributed by atoms with van der Waals surface area (Å²) in [6.07, 6.45) is 4.99. The van der Waals surface area contributed by atoms with Gasteiger partial charge >= 0.3 is 0 Å². The van der Waals surface area contributed by atoms with Gasteiger partial charge in [-0.15, -0.1) is 0 Å². The molecule has 1 saturated carbocycles. The van der Waals surface area contributed by atoms with Gasteiger partial charge in [-0.3, -0.25) is 15.0 Å². The highest BCUT2D eigenvalue weighted by Gasteiger charge is 2.28. The van der Waals surface area contributed by atoms with E-state index in [9.17, 15) is 10.1 Å². The number of nitrogens with two attached hydrogens (primary N) is 1. The number of hydrogen-bond donors (Lipinski definition) is 1. The first-order valence-corrected chi connectivity index (χ1v) is 7.83. The van der Waals surface area contributed by atoms with Gasteiger partial charge in [0.2, 0.25) is 0 Å². The van der Waals surface area contributed by atoms with Crippen LogP contribution in [0.1, 0.15) is 38.2 Å². The molecule has 0 heterocycles. The lowest BCUT2D eigenvalue weighted by Crippen LogP contribution is -2.44. The average molecular weight is 291 g/mol. The molecule has 0 aliphatic heterocycles. The highest BCUT2D eigenvalue weighted by molar-refractivity contribution is 5.32.